The van der Waals surface area contributed by atoms with E-state index in [1.165, 1.54) is 11.3 Å². The predicted octanol–water partition coefficient (Wildman–Crippen LogP) is -1.32. The van der Waals surface area contributed by atoms with Crippen molar-refractivity contribution in [3.63, 3.8) is 0 Å². The molecule has 0 saturated carbocycles. The first-order chi connectivity index (χ1) is 13.0. The van der Waals surface area contributed by atoms with Gasteiger partial charge >= 0.3 is 0 Å². The zero-order chi connectivity index (χ0) is 19.3. The van der Waals surface area contributed by atoms with Crippen LogP contribution in [0.4, 0.5) is 5.82 Å². The quantitative estimate of drug-likeness (QED) is 0.516. The molecule has 0 bridgehead atoms. The highest BCUT2D eigenvalue weighted by Gasteiger charge is 2.44. The fraction of sp³-hybridized carbons (Fsp3) is 0.500. The molecule has 0 aromatic carbocycles. The summed E-state index contributed by atoms with van der Waals surface area (Å²) in [7, 11) is 1.70. The molecule has 2 aromatic rings. The summed E-state index contributed by atoms with van der Waals surface area (Å²) in [6.45, 7) is 1.31. The lowest BCUT2D eigenvalue weighted by atomic mass is 10.1. The van der Waals surface area contributed by atoms with Crippen molar-refractivity contribution in [2.45, 2.75) is 37.9 Å². The number of anilines is 1. The molecule has 11 nitrogen and oxygen atoms in total. The minimum absolute atomic E-state index is 0.198. The van der Waals surface area contributed by atoms with E-state index in [0.29, 0.717) is 34.7 Å². The third-order valence-electron chi connectivity index (χ3n) is 4.77. The molecule has 0 unspecified atom stereocenters. The van der Waals surface area contributed by atoms with Crippen molar-refractivity contribution >= 4 is 28.6 Å². The normalized spacial score (nSPS) is 27.1. The Hall–Kier alpha value is -2.60. The van der Waals surface area contributed by atoms with E-state index in [0.717, 1.165) is 0 Å². The van der Waals surface area contributed by atoms with Crippen LogP contribution in [0, 0.1) is 0 Å². The molecule has 1 saturated heterocycles. The smallest absolute Gasteiger partial charge is 0.225 e. The number of nitrogens with one attached hydrogen (secondary N) is 1. The van der Waals surface area contributed by atoms with Crippen molar-refractivity contribution in [2.75, 3.05) is 18.7 Å². The molecule has 144 valence electrons. The van der Waals surface area contributed by atoms with Crippen LogP contribution in [-0.4, -0.2) is 73.6 Å². The number of ether oxygens (including phenoxy) is 1. The summed E-state index contributed by atoms with van der Waals surface area (Å²) in [6.07, 6.45) is -1.06. The standard InChI is InChI=1S/C16H20N6O5/c1-3-9(24)19-13-7-4-22(16-12(26)11(25)8(5-23)27-16)15-10(7)14(17-6-18-15)21(2)20-13/h4,6,8,11-12,16,23,25-26H,3,5H2,1-2H3,(H,19,20,24)/t8-,11-,12-,16-/m1/s1. The molecule has 4 heterocycles. The van der Waals surface area contributed by atoms with Gasteiger partial charge in [0.25, 0.3) is 0 Å². The van der Waals surface area contributed by atoms with Crippen molar-refractivity contribution in [2.24, 2.45) is 5.10 Å². The Labute approximate surface area is 153 Å². The fourth-order valence-electron chi connectivity index (χ4n) is 3.36. The highest BCUT2D eigenvalue weighted by Crippen LogP contribution is 2.37. The Morgan fingerprint density at radius 2 is 2.11 bits per heavy atom. The molecule has 0 radical (unpaired) electrons. The van der Waals surface area contributed by atoms with E-state index >= 15 is 0 Å². The third kappa shape index (κ3) is 2.67. The van der Waals surface area contributed by atoms with Crippen LogP contribution >= 0.6 is 0 Å². The molecule has 2 aromatic heterocycles. The summed E-state index contributed by atoms with van der Waals surface area (Å²) >= 11 is 0. The van der Waals surface area contributed by atoms with Crippen molar-refractivity contribution in [1.82, 2.24) is 19.9 Å². The lowest BCUT2D eigenvalue weighted by Crippen LogP contribution is -2.34. The number of carbonyl (C=O) groups excluding carboxylic acids is 1. The zero-order valence-corrected chi connectivity index (χ0v) is 14.8. The topological polar surface area (TPSA) is 145 Å². The molecule has 4 rings (SSSR count). The molecule has 1 fully saturated rings. The Bertz CT molecular complexity index is 927. The maximum Gasteiger partial charge on any atom is 0.225 e. The number of amidine groups is 1. The van der Waals surface area contributed by atoms with Crippen LogP contribution in [0.2, 0.25) is 0 Å². The number of nitrogens with zero attached hydrogens (tertiary/aromatic N) is 5. The minimum atomic E-state index is -1.26. The summed E-state index contributed by atoms with van der Waals surface area (Å²) in [5.74, 6) is 0.674. The maximum atomic E-state index is 11.9. The van der Waals surface area contributed by atoms with Gasteiger partial charge in [-0.15, -0.1) is 0 Å². The molecular formula is C16H20N6O5. The molecular weight excluding hydrogens is 356 g/mol. The number of hydrogen-bond acceptors (Lipinski definition) is 9. The molecule has 2 aliphatic heterocycles. The van der Waals surface area contributed by atoms with Crippen molar-refractivity contribution in [1.29, 1.82) is 0 Å². The highest BCUT2D eigenvalue weighted by atomic mass is 16.6. The molecule has 2 aliphatic rings. The zero-order valence-electron chi connectivity index (χ0n) is 14.8. The van der Waals surface area contributed by atoms with Crippen molar-refractivity contribution in [3.05, 3.63) is 18.1 Å². The van der Waals surface area contributed by atoms with Gasteiger partial charge in [0.2, 0.25) is 5.91 Å². The van der Waals surface area contributed by atoms with Crippen molar-refractivity contribution < 1.29 is 24.9 Å². The lowest BCUT2D eigenvalue weighted by molar-refractivity contribution is -0.119. The van der Waals surface area contributed by atoms with Crippen LogP contribution in [0.5, 0.6) is 0 Å². The van der Waals surface area contributed by atoms with Gasteiger partial charge in [-0.3, -0.25) is 4.79 Å². The summed E-state index contributed by atoms with van der Waals surface area (Å²) < 4.78 is 7.19. The van der Waals surface area contributed by atoms with Gasteiger partial charge in [-0.25, -0.2) is 15.0 Å². The SMILES string of the molecule is CCC(=O)NC1=NN(C)c2ncnc3c2c1cn3[C@@H]1O[C@H](CO)[C@@H](O)[C@H]1O. The monoisotopic (exact) mass is 376 g/mol. The van der Waals surface area contributed by atoms with Gasteiger partial charge in [0, 0.05) is 19.7 Å². The summed E-state index contributed by atoms with van der Waals surface area (Å²) in [5, 5.41) is 39.1. The Morgan fingerprint density at radius 1 is 1.33 bits per heavy atom. The van der Waals surface area contributed by atoms with Gasteiger partial charge in [-0.1, -0.05) is 6.92 Å². The van der Waals surface area contributed by atoms with Crippen LogP contribution in [0.25, 0.3) is 11.0 Å². The third-order valence-corrected chi connectivity index (χ3v) is 4.77. The highest BCUT2D eigenvalue weighted by molar-refractivity contribution is 6.18. The second-order valence-electron chi connectivity index (χ2n) is 6.45. The first-order valence-electron chi connectivity index (χ1n) is 8.56. The number of rotatable bonds is 3. The van der Waals surface area contributed by atoms with Crippen LogP contribution in [-0.2, 0) is 9.53 Å². The second-order valence-corrected chi connectivity index (χ2v) is 6.45. The molecule has 11 heteroatoms. The van der Waals surface area contributed by atoms with E-state index in [4.69, 9.17) is 4.74 Å². The summed E-state index contributed by atoms with van der Waals surface area (Å²) in [4.78, 5) is 20.4. The van der Waals surface area contributed by atoms with E-state index in [1.54, 1.807) is 24.7 Å². The largest absolute Gasteiger partial charge is 0.394 e. The van der Waals surface area contributed by atoms with E-state index in [2.05, 4.69) is 20.4 Å². The average Bonchev–Trinajstić information content (AvgIpc) is 3.18. The Balaban J connectivity index is 1.84. The number of hydrazone groups is 1. The van der Waals surface area contributed by atoms with Crippen LogP contribution < -0.4 is 10.3 Å². The molecule has 4 atom stereocenters. The number of aliphatic hydroxyl groups is 3. The Morgan fingerprint density at radius 3 is 2.78 bits per heavy atom. The number of aromatic nitrogens is 3. The summed E-state index contributed by atoms with van der Waals surface area (Å²) in [5.41, 5.74) is 1.04. The first kappa shape index (κ1) is 17.8. The fourth-order valence-corrected chi connectivity index (χ4v) is 3.36. The van der Waals surface area contributed by atoms with E-state index < -0.39 is 31.1 Å². The molecule has 0 spiro atoms. The molecule has 27 heavy (non-hydrogen) atoms. The minimum Gasteiger partial charge on any atom is -0.394 e. The number of amides is 1. The lowest BCUT2D eigenvalue weighted by Gasteiger charge is -2.20. The van der Waals surface area contributed by atoms with Gasteiger partial charge in [0.15, 0.2) is 17.9 Å². The van der Waals surface area contributed by atoms with Gasteiger partial charge in [-0.05, 0) is 0 Å². The van der Waals surface area contributed by atoms with Crippen LogP contribution in [0.3, 0.4) is 0 Å². The van der Waals surface area contributed by atoms with E-state index in [-0.39, 0.29) is 5.91 Å². The van der Waals surface area contributed by atoms with Crippen LogP contribution in [0.15, 0.2) is 17.6 Å². The molecule has 0 aliphatic carbocycles. The number of aliphatic hydroxyl groups excluding tert-OH is 3. The van der Waals surface area contributed by atoms with Gasteiger partial charge in [0.1, 0.15) is 30.3 Å². The molecule has 1 amide bonds. The second kappa shape index (κ2) is 6.53. The number of carbonyl (C=O) groups is 1. The first-order valence-corrected chi connectivity index (χ1v) is 8.56. The van der Waals surface area contributed by atoms with E-state index in [1.807, 2.05) is 0 Å². The van der Waals surface area contributed by atoms with Gasteiger partial charge < -0.3 is 29.9 Å². The van der Waals surface area contributed by atoms with Crippen LogP contribution in [0.1, 0.15) is 25.1 Å². The van der Waals surface area contributed by atoms with E-state index in [9.17, 15) is 20.1 Å². The van der Waals surface area contributed by atoms with Gasteiger partial charge in [-0.2, -0.15) is 5.10 Å². The van der Waals surface area contributed by atoms with Gasteiger partial charge in [0.05, 0.1) is 17.6 Å². The molecule has 4 N–H and O–H groups in total. The predicted molar refractivity (Wildman–Crippen MR) is 93.9 cm³/mol. The van der Waals surface area contributed by atoms with Crippen molar-refractivity contribution in [3.8, 4) is 0 Å². The average molecular weight is 376 g/mol. The Kier molecular flexibility index (Phi) is 4.30. The number of hydrogen-bond donors (Lipinski definition) is 4. The summed E-state index contributed by atoms with van der Waals surface area (Å²) in [6, 6.07) is 0. The maximum absolute atomic E-state index is 11.9.